The third-order valence-corrected chi connectivity index (χ3v) is 3.70. The van der Waals surface area contributed by atoms with Crippen molar-refractivity contribution in [2.75, 3.05) is 72.9 Å². The van der Waals surface area contributed by atoms with Crippen LogP contribution in [0.15, 0.2) is 23.0 Å². The Kier molecular flexibility index (Phi) is 16.2. The number of rotatable bonds is 23. The first kappa shape index (κ1) is 31.6. The van der Waals surface area contributed by atoms with Crippen LogP contribution >= 0.6 is 0 Å². The van der Waals surface area contributed by atoms with Crippen molar-refractivity contribution in [2.45, 2.75) is 31.0 Å². The zero-order chi connectivity index (χ0) is 26.0. The van der Waals surface area contributed by atoms with Gasteiger partial charge in [0.05, 0.1) is 72.0 Å². The van der Waals surface area contributed by atoms with E-state index >= 15 is 0 Å². The summed E-state index contributed by atoms with van der Waals surface area (Å²) in [5.41, 5.74) is 0.706. The number of halogens is 4. The van der Waals surface area contributed by atoms with Crippen LogP contribution in [0.4, 0.5) is 17.6 Å². The minimum Gasteiger partial charge on any atom is -0.472 e. The minimum absolute atomic E-state index is 0.00292. The largest absolute Gasteiger partial charge is 0.472 e. The summed E-state index contributed by atoms with van der Waals surface area (Å²) in [5.74, 6) is 0. The maximum Gasteiger partial charge on any atom is 0.383 e. The van der Waals surface area contributed by atoms with E-state index in [9.17, 15) is 27.8 Å². The third-order valence-electron chi connectivity index (χ3n) is 3.70. The molecule has 0 saturated heterocycles. The molecule has 1 rings (SSSR count). The van der Waals surface area contributed by atoms with Gasteiger partial charge in [0.15, 0.2) is 0 Å². The van der Waals surface area contributed by atoms with Crippen LogP contribution in [0.1, 0.15) is 5.56 Å². The van der Waals surface area contributed by atoms with Crippen molar-refractivity contribution >= 4 is 0 Å². The summed E-state index contributed by atoms with van der Waals surface area (Å²) in [5, 5.41) is 27.6. The van der Waals surface area contributed by atoms with Crippen LogP contribution in [0.25, 0.3) is 0 Å². The maximum atomic E-state index is 13.6. The fraction of sp³-hybridized carbons (Fsp3) is 0.800. The smallest absolute Gasteiger partial charge is 0.383 e. The van der Waals surface area contributed by atoms with E-state index in [-0.39, 0.29) is 52.9 Å². The van der Waals surface area contributed by atoms with Gasteiger partial charge in [-0.15, -0.1) is 0 Å². The molecular formula is C20H32F4O11. The summed E-state index contributed by atoms with van der Waals surface area (Å²) < 4.78 is 91.5. The van der Waals surface area contributed by atoms with Gasteiger partial charge in [-0.25, -0.2) is 0 Å². The summed E-state index contributed by atoms with van der Waals surface area (Å²) in [4.78, 5) is 0. The summed E-state index contributed by atoms with van der Waals surface area (Å²) in [6.45, 7) is -4.63. The number of aliphatic hydroxyl groups is 3. The molecule has 0 amide bonds. The Bertz CT molecular complexity index is 622. The van der Waals surface area contributed by atoms with E-state index in [1.165, 1.54) is 12.5 Å². The number of aliphatic hydroxyl groups excluding tert-OH is 3. The van der Waals surface area contributed by atoms with Gasteiger partial charge in [-0.1, -0.05) is 0 Å². The number of furan rings is 1. The lowest BCUT2D eigenvalue weighted by Gasteiger charge is -2.24. The molecule has 0 radical (unpaired) electrons. The first-order valence-corrected chi connectivity index (χ1v) is 10.5. The molecule has 1 aromatic rings. The lowest BCUT2D eigenvalue weighted by atomic mass is 10.3. The molecule has 0 aliphatic rings. The van der Waals surface area contributed by atoms with Gasteiger partial charge in [-0.3, -0.25) is 4.74 Å². The standard InChI is InChI=1S/C20H32F4O11/c21-19(22,13-33-12-18(27)11-32-8-16-1-3-28-7-16)35-20(23,24)14-34-15-31-6-5-30-10-17(26)9-29-4-2-25/h1,3,7,17-18,25-27H,2,4-6,8-15H2. The lowest BCUT2D eigenvalue weighted by Crippen LogP contribution is -2.40. The molecule has 1 heterocycles. The molecule has 0 spiro atoms. The first-order chi connectivity index (χ1) is 16.6. The van der Waals surface area contributed by atoms with Crippen LogP contribution in [0.3, 0.4) is 0 Å². The summed E-state index contributed by atoms with van der Waals surface area (Å²) in [6, 6.07) is 1.64. The Morgan fingerprint density at radius 3 is 1.97 bits per heavy atom. The molecule has 2 unspecified atom stereocenters. The molecule has 35 heavy (non-hydrogen) atoms. The average Bonchev–Trinajstić information content (AvgIpc) is 3.28. The Morgan fingerprint density at radius 1 is 0.771 bits per heavy atom. The number of hydrogen-bond donors (Lipinski definition) is 3. The van der Waals surface area contributed by atoms with E-state index in [1.807, 2.05) is 0 Å². The first-order valence-electron chi connectivity index (χ1n) is 10.5. The third kappa shape index (κ3) is 17.6. The molecule has 2 atom stereocenters. The van der Waals surface area contributed by atoms with E-state index < -0.39 is 51.0 Å². The summed E-state index contributed by atoms with van der Waals surface area (Å²) in [6.07, 6.45) is -8.00. The average molecular weight is 524 g/mol. The van der Waals surface area contributed by atoms with Crippen molar-refractivity contribution in [3.63, 3.8) is 0 Å². The Hall–Kier alpha value is -1.40. The molecule has 0 bridgehead atoms. The molecule has 0 aromatic carbocycles. The van der Waals surface area contributed by atoms with Crippen molar-refractivity contribution in [1.82, 2.24) is 0 Å². The van der Waals surface area contributed by atoms with Crippen molar-refractivity contribution in [3.05, 3.63) is 24.2 Å². The highest BCUT2D eigenvalue weighted by Crippen LogP contribution is 2.27. The lowest BCUT2D eigenvalue weighted by molar-refractivity contribution is -0.396. The quantitative estimate of drug-likeness (QED) is 0.106. The Morgan fingerprint density at radius 2 is 1.34 bits per heavy atom. The minimum atomic E-state index is -4.35. The van der Waals surface area contributed by atoms with Crippen molar-refractivity contribution in [1.29, 1.82) is 0 Å². The van der Waals surface area contributed by atoms with Gasteiger partial charge in [-0.2, -0.15) is 17.6 Å². The zero-order valence-electron chi connectivity index (χ0n) is 19.0. The topological polar surface area (TPSA) is 138 Å². The van der Waals surface area contributed by atoms with Crippen LogP contribution < -0.4 is 0 Å². The van der Waals surface area contributed by atoms with Crippen molar-refractivity contribution < 1.29 is 70.5 Å². The highest BCUT2D eigenvalue weighted by molar-refractivity contribution is 5.02. The monoisotopic (exact) mass is 524 g/mol. The summed E-state index contributed by atoms with van der Waals surface area (Å²) >= 11 is 0. The molecule has 0 fully saturated rings. The van der Waals surface area contributed by atoms with Gasteiger partial charge in [0.25, 0.3) is 0 Å². The molecule has 0 aliphatic carbocycles. The van der Waals surface area contributed by atoms with E-state index in [2.05, 4.69) is 14.2 Å². The molecule has 206 valence electrons. The van der Waals surface area contributed by atoms with Crippen molar-refractivity contribution in [3.8, 4) is 0 Å². The number of alkyl halides is 4. The number of hydrogen-bond acceptors (Lipinski definition) is 11. The predicted molar refractivity (Wildman–Crippen MR) is 108 cm³/mol. The number of ether oxygens (including phenoxy) is 7. The highest BCUT2D eigenvalue weighted by Gasteiger charge is 2.44. The Labute approximate surface area is 199 Å². The van der Waals surface area contributed by atoms with Gasteiger partial charge in [0, 0.05) is 5.56 Å². The van der Waals surface area contributed by atoms with Crippen LogP contribution in [-0.2, 0) is 39.8 Å². The second-order valence-electron chi connectivity index (χ2n) is 7.09. The van der Waals surface area contributed by atoms with E-state index in [0.29, 0.717) is 5.56 Å². The van der Waals surface area contributed by atoms with Crippen LogP contribution in [0.2, 0.25) is 0 Å². The second-order valence-corrected chi connectivity index (χ2v) is 7.09. The van der Waals surface area contributed by atoms with E-state index in [1.54, 1.807) is 6.07 Å². The van der Waals surface area contributed by atoms with Gasteiger partial charge in [0.2, 0.25) is 0 Å². The molecule has 0 aliphatic heterocycles. The molecule has 15 heteroatoms. The Balaban J connectivity index is 2.06. The van der Waals surface area contributed by atoms with Gasteiger partial charge >= 0.3 is 12.2 Å². The van der Waals surface area contributed by atoms with Gasteiger partial charge in [0.1, 0.15) is 32.2 Å². The fourth-order valence-electron chi connectivity index (χ4n) is 2.27. The van der Waals surface area contributed by atoms with E-state index in [4.69, 9.17) is 28.5 Å². The van der Waals surface area contributed by atoms with Gasteiger partial charge < -0.3 is 48.2 Å². The van der Waals surface area contributed by atoms with Crippen LogP contribution in [0.5, 0.6) is 0 Å². The highest BCUT2D eigenvalue weighted by atomic mass is 19.3. The second kappa shape index (κ2) is 17.9. The summed E-state index contributed by atoms with van der Waals surface area (Å²) in [7, 11) is 0. The fourth-order valence-corrected chi connectivity index (χ4v) is 2.27. The van der Waals surface area contributed by atoms with Crippen LogP contribution in [-0.4, -0.2) is 113 Å². The molecule has 1 aromatic heterocycles. The van der Waals surface area contributed by atoms with Crippen LogP contribution in [0, 0.1) is 0 Å². The SMILES string of the molecule is OCCOCC(O)COCCOCOCC(F)(F)OC(F)(F)COCC(O)COCc1ccoc1. The van der Waals surface area contributed by atoms with E-state index in [0.717, 1.165) is 0 Å². The van der Waals surface area contributed by atoms with Gasteiger partial charge in [-0.05, 0) is 6.07 Å². The molecule has 11 nitrogen and oxygen atoms in total. The zero-order valence-corrected chi connectivity index (χ0v) is 19.0. The maximum absolute atomic E-state index is 13.6. The van der Waals surface area contributed by atoms with Crippen molar-refractivity contribution in [2.24, 2.45) is 0 Å². The molecule has 3 N–H and O–H groups in total. The predicted octanol–water partition coefficient (Wildman–Crippen LogP) is 0.753. The molecule has 0 saturated carbocycles. The molecular weight excluding hydrogens is 492 g/mol. The normalized spacial score (nSPS) is 14.4.